The topological polar surface area (TPSA) is 64.0 Å². The monoisotopic (exact) mass is 447 g/mol. The molecule has 0 spiro atoms. The zero-order valence-corrected chi connectivity index (χ0v) is 18.4. The number of fused-ring (bicyclic) bond motifs is 1. The second kappa shape index (κ2) is 8.20. The number of carbonyl (C=O) groups is 1. The van der Waals surface area contributed by atoms with E-state index >= 15 is 0 Å². The number of nitrogens with one attached hydrogen (secondary N) is 1. The van der Waals surface area contributed by atoms with E-state index in [1.165, 1.54) is 27.7 Å². The Bertz CT molecular complexity index is 1160. The lowest BCUT2D eigenvalue weighted by Gasteiger charge is -2.12. The van der Waals surface area contributed by atoms with Crippen LogP contribution in [-0.4, -0.2) is 21.2 Å². The Labute approximate surface area is 178 Å². The lowest BCUT2D eigenvalue weighted by atomic mass is 10.2. The molecule has 0 radical (unpaired) electrons. The maximum Gasteiger partial charge on any atom is 0.263 e. The van der Waals surface area contributed by atoms with E-state index in [0.717, 1.165) is 15.3 Å². The van der Waals surface area contributed by atoms with Crippen LogP contribution in [0.15, 0.2) is 50.4 Å². The SMILES string of the molecule is CC(NC(=O)CSc1nc2scc(-c3cccs3)c2c(=O)n1C)c1cccs1. The fourth-order valence-corrected chi connectivity index (χ4v) is 6.14. The van der Waals surface area contributed by atoms with Crippen LogP contribution in [0.25, 0.3) is 20.7 Å². The summed E-state index contributed by atoms with van der Waals surface area (Å²) in [5.41, 5.74) is 0.853. The van der Waals surface area contributed by atoms with E-state index < -0.39 is 0 Å². The van der Waals surface area contributed by atoms with E-state index in [-0.39, 0.29) is 23.3 Å². The van der Waals surface area contributed by atoms with E-state index in [1.807, 2.05) is 47.3 Å². The van der Waals surface area contributed by atoms with Gasteiger partial charge in [-0.1, -0.05) is 23.9 Å². The van der Waals surface area contributed by atoms with Gasteiger partial charge in [-0.15, -0.1) is 34.0 Å². The van der Waals surface area contributed by atoms with Gasteiger partial charge in [0.25, 0.3) is 5.56 Å². The summed E-state index contributed by atoms with van der Waals surface area (Å²) in [6.45, 7) is 1.96. The van der Waals surface area contributed by atoms with Crippen molar-refractivity contribution in [1.82, 2.24) is 14.9 Å². The normalized spacial score (nSPS) is 12.4. The molecule has 1 amide bonds. The number of amides is 1. The van der Waals surface area contributed by atoms with Gasteiger partial charge in [0.05, 0.1) is 17.2 Å². The van der Waals surface area contributed by atoms with Gasteiger partial charge in [0.15, 0.2) is 5.16 Å². The van der Waals surface area contributed by atoms with Crippen molar-refractivity contribution in [2.24, 2.45) is 7.05 Å². The minimum Gasteiger partial charge on any atom is -0.348 e. The third-order valence-corrected chi connectivity index (χ3v) is 8.10. The van der Waals surface area contributed by atoms with Crippen molar-refractivity contribution in [3.05, 3.63) is 55.6 Å². The predicted molar refractivity (Wildman–Crippen MR) is 120 cm³/mol. The Morgan fingerprint density at radius 1 is 1.25 bits per heavy atom. The molecule has 0 bridgehead atoms. The Morgan fingerprint density at radius 3 is 2.75 bits per heavy atom. The summed E-state index contributed by atoms with van der Waals surface area (Å²) in [5, 5.41) is 10.2. The molecule has 0 aliphatic carbocycles. The maximum absolute atomic E-state index is 12.9. The van der Waals surface area contributed by atoms with Crippen LogP contribution >= 0.6 is 45.8 Å². The highest BCUT2D eigenvalue weighted by molar-refractivity contribution is 7.99. The first-order valence-corrected chi connectivity index (χ1v) is 12.1. The van der Waals surface area contributed by atoms with Gasteiger partial charge >= 0.3 is 0 Å². The van der Waals surface area contributed by atoms with Crippen LogP contribution in [0.1, 0.15) is 17.8 Å². The molecule has 5 nitrogen and oxygen atoms in total. The van der Waals surface area contributed by atoms with Crippen LogP contribution in [0.2, 0.25) is 0 Å². The van der Waals surface area contributed by atoms with E-state index in [4.69, 9.17) is 0 Å². The smallest absolute Gasteiger partial charge is 0.263 e. The standard InChI is InChI=1S/C19H17N3O2S4/c1-11(13-5-3-7-25-13)20-15(23)10-28-19-21-17-16(18(24)22(19)2)12(9-27-17)14-6-4-8-26-14/h3-9,11H,10H2,1-2H3,(H,20,23). The van der Waals surface area contributed by atoms with E-state index in [9.17, 15) is 9.59 Å². The molecule has 0 aliphatic rings. The van der Waals surface area contributed by atoms with Crippen LogP contribution in [0.4, 0.5) is 0 Å². The third kappa shape index (κ3) is 3.80. The second-order valence-electron chi connectivity index (χ2n) is 6.16. The van der Waals surface area contributed by atoms with Gasteiger partial charge < -0.3 is 5.32 Å². The Kier molecular flexibility index (Phi) is 5.68. The molecule has 4 heterocycles. The lowest BCUT2D eigenvalue weighted by molar-refractivity contribution is -0.119. The van der Waals surface area contributed by atoms with Crippen LogP contribution in [0, 0.1) is 0 Å². The Balaban J connectivity index is 1.52. The van der Waals surface area contributed by atoms with Crippen molar-refractivity contribution in [3.63, 3.8) is 0 Å². The molecule has 0 saturated carbocycles. The number of thiophene rings is 3. The first-order chi connectivity index (χ1) is 13.5. The fraction of sp³-hybridized carbons (Fsp3) is 0.211. The van der Waals surface area contributed by atoms with Crippen molar-refractivity contribution < 1.29 is 4.79 Å². The molecule has 0 aliphatic heterocycles. The Hall–Kier alpha value is -1.94. The fourth-order valence-electron chi connectivity index (χ4n) is 2.82. The number of hydrogen-bond donors (Lipinski definition) is 1. The summed E-state index contributed by atoms with van der Waals surface area (Å²) in [5.74, 6) is 0.135. The summed E-state index contributed by atoms with van der Waals surface area (Å²) in [6, 6.07) is 7.93. The van der Waals surface area contributed by atoms with Crippen molar-refractivity contribution in [2.75, 3.05) is 5.75 Å². The van der Waals surface area contributed by atoms with Gasteiger partial charge in [-0.3, -0.25) is 14.2 Å². The molecule has 4 rings (SSSR count). The summed E-state index contributed by atoms with van der Waals surface area (Å²) in [7, 11) is 1.71. The number of carbonyl (C=O) groups excluding carboxylic acids is 1. The van der Waals surface area contributed by atoms with Gasteiger partial charge in [-0.25, -0.2) is 4.98 Å². The summed E-state index contributed by atoms with van der Waals surface area (Å²) >= 11 is 5.97. The van der Waals surface area contributed by atoms with Crippen LogP contribution < -0.4 is 10.9 Å². The number of hydrogen-bond acceptors (Lipinski definition) is 7. The summed E-state index contributed by atoms with van der Waals surface area (Å²) in [4.78, 5) is 32.8. The molecule has 1 unspecified atom stereocenters. The molecule has 0 aromatic carbocycles. The largest absolute Gasteiger partial charge is 0.348 e. The van der Waals surface area contributed by atoms with Crippen LogP contribution in [0.5, 0.6) is 0 Å². The average molecular weight is 448 g/mol. The van der Waals surface area contributed by atoms with E-state index in [1.54, 1.807) is 29.7 Å². The van der Waals surface area contributed by atoms with Gasteiger partial charge in [-0.05, 0) is 29.8 Å². The highest BCUT2D eigenvalue weighted by atomic mass is 32.2. The molecule has 28 heavy (non-hydrogen) atoms. The van der Waals surface area contributed by atoms with Gasteiger partial charge in [0.1, 0.15) is 4.83 Å². The number of nitrogens with zero attached hydrogens (tertiary/aromatic N) is 2. The van der Waals surface area contributed by atoms with Crippen LogP contribution in [-0.2, 0) is 11.8 Å². The molecule has 0 saturated heterocycles. The average Bonchev–Trinajstić information content (AvgIpc) is 3.44. The molecule has 1 N–H and O–H groups in total. The zero-order chi connectivity index (χ0) is 19.7. The molecule has 4 aromatic heterocycles. The first kappa shape index (κ1) is 19.4. The van der Waals surface area contributed by atoms with Crippen molar-refractivity contribution in [1.29, 1.82) is 0 Å². The van der Waals surface area contributed by atoms with Gasteiger partial charge in [-0.2, -0.15) is 0 Å². The third-order valence-electron chi connectivity index (χ3n) is 4.24. The highest BCUT2D eigenvalue weighted by Crippen LogP contribution is 2.34. The molecule has 9 heteroatoms. The predicted octanol–water partition coefficient (Wildman–Crippen LogP) is 4.75. The second-order valence-corrected chi connectivity index (χ2v) is 9.89. The molecular formula is C19H17N3O2S4. The number of rotatable bonds is 6. The quantitative estimate of drug-likeness (QED) is 0.342. The van der Waals surface area contributed by atoms with Crippen molar-refractivity contribution >= 4 is 61.9 Å². The molecule has 144 valence electrons. The Morgan fingerprint density at radius 2 is 2.04 bits per heavy atom. The summed E-state index contributed by atoms with van der Waals surface area (Å²) < 4.78 is 1.53. The van der Waals surface area contributed by atoms with Gasteiger partial charge in [0, 0.05) is 27.7 Å². The summed E-state index contributed by atoms with van der Waals surface area (Å²) in [6.07, 6.45) is 0. The van der Waals surface area contributed by atoms with E-state index in [0.29, 0.717) is 15.4 Å². The van der Waals surface area contributed by atoms with Crippen molar-refractivity contribution in [3.8, 4) is 10.4 Å². The van der Waals surface area contributed by atoms with Crippen molar-refractivity contribution in [2.45, 2.75) is 18.1 Å². The molecule has 0 fully saturated rings. The molecule has 1 atom stereocenters. The number of aromatic nitrogens is 2. The first-order valence-electron chi connectivity index (χ1n) is 8.52. The van der Waals surface area contributed by atoms with E-state index in [2.05, 4.69) is 10.3 Å². The zero-order valence-electron chi connectivity index (χ0n) is 15.2. The number of thioether (sulfide) groups is 1. The molecule has 4 aromatic rings. The highest BCUT2D eigenvalue weighted by Gasteiger charge is 2.17. The minimum atomic E-state index is -0.0792. The lowest BCUT2D eigenvalue weighted by Crippen LogP contribution is -2.28. The van der Waals surface area contributed by atoms with Crippen LogP contribution in [0.3, 0.4) is 0 Å². The molecular weight excluding hydrogens is 430 g/mol. The minimum absolute atomic E-state index is 0.0296. The van der Waals surface area contributed by atoms with Gasteiger partial charge in [0.2, 0.25) is 5.91 Å². The maximum atomic E-state index is 12.9.